The maximum absolute atomic E-state index is 12.8. The lowest BCUT2D eigenvalue weighted by Gasteiger charge is -2.19. The third-order valence-electron chi connectivity index (χ3n) is 4.49. The summed E-state index contributed by atoms with van der Waals surface area (Å²) < 4.78 is 28.3. The summed E-state index contributed by atoms with van der Waals surface area (Å²) in [5.74, 6) is 0.468. The molecule has 0 aliphatic rings. The van der Waals surface area contributed by atoms with Gasteiger partial charge in [0.15, 0.2) is 0 Å². The Labute approximate surface area is 170 Å². The summed E-state index contributed by atoms with van der Waals surface area (Å²) in [6, 6.07) is 10.3. The molecule has 0 spiro atoms. The van der Waals surface area contributed by atoms with E-state index in [1.165, 1.54) is 17.7 Å². The molecule has 0 radical (unpaired) electrons. The molecule has 0 aliphatic carbocycles. The first-order valence-electron chi connectivity index (χ1n) is 8.46. The van der Waals surface area contributed by atoms with E-state index in [4.69, 9.17) is 34.8 Å². The Balaban J connectivity index is 2.30. The van der Waals surface area contributed by atoms with Crippen LogP contribution in [0.4, 0.5) is 0 Å². The SMILES string of the molecule is CCC(C)c1ccc(C(CC)NS(=O)(=O)c2cc(Cl)c(Cl)cc2Cl)cc1. The number of halogens is 3. The highest BCUT2D eigenvalue weighted by atomic mass is 35.5. The minimum atomic E-state index is -3.85. The van der Waals surface area contributed by atoms with Crippen LogP contribution >= 0.6 is 34.8 Å². The molecule has 2 atom stereocenters. The Bertz CT molecular complexity index is 867. The van der Waals surface area contributed by atoms with Gasteiger partial charge < -0.3 is 0 Å². The molecule has 2 aromatic carbocycles. The molecule has 7 heteroatoms. The van der Waals surface area contributed by atoms with Crippen LogP contribution in [-0.2, 0) is 10.0 Å². The van der Waals surface area contributed by atoms with E-state index < -0.39 is 10.0 Å². The molecule has 26 heavy (non-hydrogen) atoms. The van der Waals surface area contributed by atoms with Gasteiger partial charge in [0.25, 0.3) is 0 Å². The van der Waals surface area contributed by atoms with E-state index in [-0.39, 0.29) is 26.0 Å². The highest BCUT2D eigenvalue weighted by Crippen LogP contribution is 2.32. The van der Waals surface area contributed by atoms with E-state index in [1.807, 2.05) is 31.2 Å². The average molecular weight is 435 g/mol. The number of hydrogen-bond donors (Lipinski definition) is 1. The third-order valence-corrected chi connectivity index (χ3v) is 7.15. The van der Waals surface area contributed by atoms with Gasteiger partial charge in [-0.15, -0.1) is 0 Å². The van der Waals surface area contributed by atoms with Gasteiger partial charge in [-0.2, -0.15) is 0 Å². The molecule has 0 aromatic heterocycles. The summed E-state index contributed by atoms with van der Waals surface area (Å²) >= 11 is 17.9. The standard InChI is InChI=1S/C19H22Cl3NO2S/c1-4-12(3)13-6-8-14(9-7-13)18(5-2)23-26(24,25)19-11-16(21)15(20)10-17(19)22/h6-12,18,23H,4-5H2,1-3H3. The molecule has 0 aliphatic heterocycles. The van der Waals surface area contributed by atoms with Crippen LogP contribution in [0.2, 0.25) is 15.1 Å². The van der Waals surface area contributed by atoms with Crippen molar-refractivity contribution in [3.8, 4) is 0 Å². The van der Waals surface area contributed by atoms with E-state index in [9.17, 15) is 8.42 Å². The van der Waals surface area contributed by atoms with Gasteiger partial charge in [-0.25, -0.2) is 13.1 Å². The van der Waals surface area contributed by atoms with Gasteiger partial charge in [-0.1, -0.05) is 79.8 Å². The number of hydrogen-bond acceptors (Lipinski definition) is 2. The zero-order valence-corrected chi connectivity index (χ0v) is 18.0. The molecule has 0 heterocycles. The highest BCUT2D eigenvalue weighted by molar-refractivity contribution is 7.89. The first-order chi connectivity index (χ1) is 12.2. The quantitative estimate of drug-likeness (QED) is 0.500. The van der Waals surface area contributed by atoms with Crippen molar-refractivity contribution >= 4 is 44.8 Å². The maximum Gasteiger partial charge on any atom is 0.242 e. The second kappa shape index (κ2) is 8.94. The third kappa shape index (κ3) is 4.93. The van der Waals surface area contributed by atoms with Crippen LogP contribution in [0.25, 0.3) is 0 Å². The van der Waals surface area contributed by atoms with Crippen LogP contribution in [0, 0.1) is 0 Å². The lowest BCUT2D eigenvalue weighted by molar-refractivity contribution is 0.550. The van der Waals surface area contributed by atoms with Crippen LogP contribution in [0.3, 0.4) is 0 Å². The van der Waals surface area contributed by atoms with E-state index in [2.05, 4.69) is 18.6 Å². The number of rotatable bonds is 7. The Hall–Kier alpha value is -0.780. The zero-order chi connectivity index (χ0) is 19.5. The van der Waals surface area contributed by atoms with Gasteiger partial charge in [0.1, 0.15) is 4.90 Å². The molecule has 0 saturated heterocycles. The molecule has 2 rings (SSSR count). The first kappa shape index (κ1) is 21.5. The van der Waals surface area contributed by atoms with Crippen molar-refractivity contribution < 1.29 is 8.42 Å². The van der Waals surface area contributed by atoms with Crippen LogP contribution in [-0.4, -0.2) is 8.42 Å². The molecular formula is C19H22Cl3NO2S. The van der Waals surface area contributed by atoms with Crippen LogP contribution in [0.5, 0.6) is 0 Å². The normalized spacial score (nSPS) is 14.2. The van der Waals surface area contributed by atoms with Crippen molar-refractivity contribution in [2.75, 3.05) is 0 Å². The van der Waals surface area contributed by atoms with Crippen molar-refractivity contribution in [2.45, 2.75) is 50.5 Å². The highest BCUT2D eigenvalue weighted by Gasteiger charge is 2.24. The van der Waals surface area contributed by atoms with Crippen molar-refractivity contribution in [3.05, 3.63) is 62.6 Å². The molecule has 142 valence electrons. The lowest BCUT2D eigenvalue weighted by atomic mass is 9.96. The Morgan fingerprint density at radius 3 is 1.96 bits per heavy atom. The van der Waals surface area contributed by atoms with Gasteiger partial charge in [-0.05, 0) is 42.0 Å². The summed E-state index contributed by atoms with van der Waals surface area (Å²) in [5.41, 5.74) is 2.14. The molecule has 2 unspecified atom stereocenters. The van der Waals surface area contributed by atoms with Crippen molar-refractivity contribution in [2.24, 2.45) is 0 Å². The Morgan fingerprint density at radius 2 is 1.42 bits per heavy atom. The van der Waals surface area contributed by atoms with Gasteiger partial charge in [0, 0.05) is 6.04 Å². The molecule has 0 saturated carbocycles. The Morgan fingerprint density at radius 1 is 0.885 bits per heavy atom. The fraction of sp³-hybridized carbons (Fsp3) is 0.368. The molecule has 0 bridgehead atoms. The van der Waals surface area contributed by atoms with Crippen LogP contribution < -0.4 is 4.72 Å². The zero-order valence-electron chi connectivity index (χ0n) is 14.9. The maximum atomic E-state index is 12.8. The summed E-state index contributed by atoms with van der Waals surface area (Å²) in [4.78, 5) is -0.0803. The molecule has 0 amide bonds. The number of benzene rings is 2. The van der Waals surface area contributed by atoms with Crippen molar-refractivity contribution in [1.82, 2.24) is 4.72 Å². The van der Waals surface area contributed by atoms with Gasteiger partial charge >= 0.3 is 0 Å². The van der Waals surface area contributed by atoms with Gasteiger partial charge in [0.05, 0.1) is 15.1 Å². The molecular weight excluding hydrogens is 413 g/mol. The van der Waals surface area contributed by atoms with Crippen molar-refractivity contribution in [3.63, 3.8) is 0 Å². The Kier molecular flexibility index (Phi) is 7.40. The van der Waals surface area contributed by atoms with Crippen molar-refractivity contribution in [1.29, 1.82) is 0 Å². The number of nitrogens with one attached hydrogen (secondary N) is 1. The van der Waals surface area contributed by atoms with Gasteiger partial charge in [0.2, 0.25) is 10.0 Å². The number of sulfonamides is 1. The van der Waals surface area contributed by atoms with E-state index >= 15 is 0 Å². The lowest BCUT2D eigenvalue weighted by Crippen LogP contribution is -2.28. The summed E-state index contributed by atoms with van der Waals surface area (Å²) in [7, 11) is -3.85. The second-order valence-corrected chi connectivity index (χ2v) is 9.16. The first-order valence-corrected chi connectivity index (χ1v) is 11.1. The molecule has 2 aromatic rings. The predicted octanol–water partition coefficient (Wildman–Crippen LogP) is 6.59. The van der Waals surface area contributed by atoms with Crippen LogP contribution in [0.15, 0.2) is 41.3 Å². The fourth-order valence-electron chi connectivity index (χ4n) is 2.64. The topological polar surface area (TPSA) is 46.2 Å². The smallest absolute Gasteiger partial charge is 0.207 e. The fourth-order valence-corrected chi connectivity index (χ4v) is 4.95. The monoisotopic (exact) mass is 433 g/mol. The van der Waals surface area contributed by atoms with E-state index in [1.54, 1.807) is 0 Å². The summed E-state index contributed by atoms with van der Waals surface area (Å²) in [6.45, 7) is 6.23. The van der Waals surface area contributed by atoms with Gasteiger partial charge in [-0.3, -0.25) is 0 Å². The van der Waals surface area contributed by atoms with E-state index in [0.29, 0.717) is 12.3 Å². The van der Waals surface area contributed by atoms with Crippen LogP contribution in [0.1, 0.15) is 56.7 Å². The molecule has 3 nitrogen and oxygen atoms in total. The largest absolute Gasteiger partial charge is 0.242 e. The van der Waals surface area contributed by atoms with E-state index in [0.717, 1.165) is 12.0 Å². The molecule has 1 N–H and O–H groups in total. The summed E-state index contributed by atoms with van der Waals surface area (Å²) in [5, 5.41) is 0.388. The predicted molar refractivity (Wildman–Crippen MR) is 110 cm³/mol. The second-order valence-electron chi connectivity index (χ2n) is 6.25. The summed E-state index contributed by atoms with van der Waals surface area (Å²) in [6.07, 6.45) is 1.65. The molecule has 0 fully saturated rings. The average Bonchev–Trinajstić information content (AvgIpc) is 2.62. The minimum Gasteiger partial charge on any atom is -0.207 e. The minimum absolute atomic E-state index is 0.0360.